The van der Waals surface area contributed by atoms with Crippen LogP contribution in [0.3, 0.4) is 0 Å². The maximum absolute atomic E-state index is 11.9. The van der Waals surface area contributed by atoms with E-state index in [-0.39, 0.29) is 12.0 Å². The Morgan fingerprint density at radius 3 is 2.81 bits per heavy atom. The van der Waals surface area contributed by atoms with Crippen LogP contribution in [0.2, 0.25) is 0 Å². The fourth-order valence-corrected chi connectivity index (χ4v) is 2.01. The van der Waals surface area contributed by atoms with Gasteiger partial charge in [-0.15, -0.1) is 0 Å². The van der Waals surface area contributed by atoms with Gasteiger partial charge < -0.3 is 15.4 Å². The first-order chi connectivity index (χ1) is 7.63. The molecule has 1 amide bonds. The van der Waals surface area contributed by atoms with Gasteiger partial charge in [-0.3, -0.25) is 4.79 Å². The molecule has 0 aromatic rings. The van der Waals surface area contributed by atoms with Crippen LogP contribution >= 0.6 is 12.2 Å². The lowest BCUT2D eigenvalue weighted by atomic mass is 10.1. The largest absolute Gasteiger partial charge is 0.392 e. The Morgan fingerprint density at radius 1 is 1.56 bits per heavy atom. The molecule has 1 saturated heterocycles. The molecule has 0 aromatic carbocycles. The number of hydrogen-bond acceptors (Lipinski definition) is 3. The number of ether oxygens (including phenoxy) is 1. The third-order valence-electron chi connectivity index (χ3n) is 2.76. The van der Waals surface area contributed by atoms with Gasteiger partial charge in [0.1, 0.15) is 0 Å². The minimum atomic E-state index is 0.0849. The Bertz CT molecular complexity index is 252. The molecule has 1 fully saturated rings. The van der Waals surface area contributed by atoms with E-state index in [0.29, 0.717) is 24.5 Å². The molecule has 1 unspecified atom stereocenters. The van der Waals surface area contributed by atoms with Crippen LogP contribution in [0.4, 0.5) is 0 Å². The molecule has 1 heterocycles. The summed E-state index contributed by atoms with van der Waals surface area (Å²) in [5.41, 5.74) is 5.45. The van der Waals surface area contributed by atoms with Crippen molar-refractivity contribution in [1.82, 2.24) is 4.90 Å². The molecule has 1 atom stereocenters. The topological polar surface area (TPSA) is 55.6 Å². The van der Waals surface area contributed by atoms with Crippen LogP contribution in [0, 0.1) is 0 Å². The summed E-state index contributed by atoms with van der Waals surface area (Å²) in [5.74, 6) is 0.0854. The fraction of sp³-hybridized carbons (Fsp3) is 0.818. The summed E-state index contributed by atoms with van der Waals surface area (Å²) >= 11 is 4.81. The van der Waals surface area contributed by atoms with E-state index in [0.717, 1.165) is 25.9 Å². The van der Waals surface area contributed by atoms with Crippen LogP contribution in [0.1, 0.15) is 32.6 Å². The first-order valence-electron chi connectivity index (χ1n) is 5.81. The summed E-state index contributed by atoms with van der Waals surface area (Å²) in [7, 11) is 0. The van der Waals surface area contributed by atoms with Gasteiger partial charge in [0.2, 0.25) is 5.91 Å². The van der Waals surface area contributed by atoms with E-state index in [9.17, 15) is 4.79 Å². The van der Waals surface area contributed by atoms with Crippen LogP contribution in [0.5, 0.6) is 0 Å². The van der Waals surface area contributed by atoms with Gasteiger partial charge in [-0.1, -0.05) is 12.2 Å². The Morgan fingerprint density at radius 2 is 2.31 bits per heavy atom. The average molecular weight is 244 g/mol. The summed E-state index contributed by atoms with van der Waals surface area (Å²) in [5, 5.41) is 0. The highest BCUT2D eigenvalue weighted by Gasteiger charge is 2.21. The number of nitrogens with zero attached hydrogens (tertiary/aromatic N) is 1. The second-order valence-corrected chi connectivity index (χ2v) is 4.59. The summed E-state index contributed by atoms with van der Waals surface area (Å²) in [4.78, 5) is 14.0. The molecular formula is C11H20N2O2S. The molecule has 0 aromatic heterocycles. The molecule has 92 valence electrons. The van der Waals surface area contributed by atoms with E-state index in [1.165, 1.54) is 0 Å². The van der Waals surface area contributed by atoms with E-state index in [1.807, 2.05) is 6.92 Å². The predicted molar refractivity (Wildman–Crippen MR) is 67.2 cm³/mol. The van der Waals surface area contributed by atoms with E-state index >= 15 is 0 Å². The first-order valence-corrected chi connectivity index (χ1v) is 6.22. The SMILES string of the molecule is CCN(CC(N)=S)C(=O)CC1CCCCO1. The summed E-state index contributed by atoms with van der Waals surface area (Å²) in [6.45, 7) is 3.72. The van der Waals surface area contributed by atoms with Gasteiger partial charge >= 0.3 is 0 Å². The first kappa shape index (κ1) is 13.4. The number of amides is 1. The van der Waals surface area contributed by atoms with E-state index in [2.05, 4.69) is 0 Å². The molecule has 0 saturated carbocycles. The van der Waals surface area contributed by atoms with E-state index in [1.54, 1.807) is 4.90 Å². The van der Waals surface area contributed by atoms with Crippen molar-refractivity contribution in [2.75, 3.05) is 19.7 Å². The van der Waals surface area contributed by atoms with E-state index in [4.69, 9.17) is 22.7 Å². The van der Waals surface area contributed by atoms with Crippen molar-refractivity contribution in [1.29, 1.82) is 0 Å². The van der Waals surface area contributed by atoms with E-state index < -0.39 is 0 Å². The predicted octanol–water partition coefficient (Wildman–Crippen LogP) is 1.08. The zero-order chi connectivity index (χ0) is 12.0. The molecule has 0 spiro atoms. The van der Waals surface area contributed by atoms with Crippen molar-refractivity contribution >= 4 is 23.1 Å². The quantitative estimate of drug-likeness (QED) is 0.735. The Labute approximate surface area is 102 Å². The summed E-state index contributed by atoms with van der Waals surface area (Å²) in [6, 6.07) is 0. The van der Waals surface area contributed by atoms with Gasteiger partial charge in [-0.25, -0.2) is 0 Å². The lowest BCUT2D eigenvalue weighted by Crippen LogP contribution is -2.39. The van der Waals surface area contributed by atoms with Crippen molar-refractivity contribution in [3.8, 4) is 0 Å². The van der Waals surface area contributed by atoms with Gasteiger partial charge in [0, 0.05) is 13.2 Å². The minimum Gasteiger partial charge on any atom is -0.392 e. The summed E-state index contributed by atoms with van der Waals surface area (Å²) < 4.78 is 5.54. The van der Waals surface area contributed by atoms with Gasteiger partial charge in [-0.2, -0.15) is 0 Å². The van der Waals surface area contributed by atoms with Crippen LogP contribution in [-0.4, -0.2) is 41.6 Å². The van der Waals surface area contributed by atoms with Crippen molar-refractivity contribution in [3.05, 3.63) is 0 Å². The van der Waals surface area contributed by atoms with Gasteiger partial charge in [0.25, 0.3) is 0 Å². The highest BCUT2D eigenvalue weighted by Crippen LogP contribution is 2.16. The smallest absolute Gasteiger partial charge is 0.225 e. The van der Waals surface area contributed by atoms with Crippen LogP contribution in [0.15, 0.2) is 0 Å². The molecule has 5 heteroatoms. The second kappa shape index (κ2) is 6.81. The number of nitrogens with two attached hydrogens (primary N) is 1. The van der Waals surface area contributed by atoms with Crippen LogP contribution < -0.4 is 5.73 Å². The molecule has 1 rings (SSSR count). The van der Waals surface area contributed by atoms with Crippen molar-refractivity contribution in [2.24, 2.45) is 5.73 Å². The average Bonchev–Trinajstić information content (AvgIpc) is 2.26. The number of carbonyl (C=O) groups excluding carboxylic acids is 1. The molecule has 2 N–H and O–H groups in total. The Hall–Kier alpha value is -0.680. The minimum absolute atomic E-state index is 0.0849. The molecule has 16 heavy (non-hydrogen) atoms. The number of thiocarbonyl (C=S) groups is 1. The molecule has 0 aliphatic carbocycles. The maximum Gasteiger partial charge on any atom is 0.225 e. The van der Waals surface area contributed by atoms with Crippen molar-refractivity contribution in [2.45, 2.75) is 38.7 Å². The molecule has 4 nitrogen and oxygen atoms in total. The maximum atomic E-state index is 11.9. The zero-order valence-electron chi connectivity index (χ0n) is 9.78. The highest BCUT2D eigenvalue weighted by atomic mass is 32.1. The highest BCUT2D eigenvalue weighted by molar-refractivity contribution is 7.80. The lowest BCUT2D eigenvalue weighted by molar-refractivity contribution is -0.134. The number of rotatable bonds is 5. The van der Waals surface area contributed by atoms with Gasteiger partial charge in [-0.05, 0) is 26.2 Å². The van der Waals surface area contributed by atoms with Crippen molar-refractivity contribution in [3.63, 3.8) is 0 Å². The summed E-state index contributed by atoms with van der Waals surface area (Å²) in [6.07, 6.45) is 3.78. The number of likely N-dealkylation sites (N-methyl/N-ethyl adjacent to an activating group) is 1. The number of carbonyl (C=O) groups is 1. The second-order valence-electron chi connectivity index (χ2n) is 4.07. The third-order valence-corrected chi connectivity index (χ3v) is 2.89. The van der Waals surface area contributed by atoms with Crippen molar-refractivity contribution < 1.29 is 9.53 Å². The molecule has 1 aliphatic heterocycles. The standard InChI is InChI=1S/C11H20N2O2S/c1-2-13(8-10(12)16)11(14)7-9-5-3-4-6-15-9/h9H,2-8H2,1H3,(H2,12,16). The lowest BCUT2D eigenvalue weighted by Gasteiger charge is -2.26. The fourth-order valence-electron chi connectivity index (χ4n) is 1.86. The molecule has 0 radical (unpaired) electrons. The zero-order valence-corrected chi connectivity index (χ0v) is 10.6. The van der Waals surface area contributed by atoms with Gasteiger partial charge in [0.05, 0.1) is 24.1 Å². The Balaban J connectivity index is 2.38. The molecule has 1 aliphatic rings. The monoisotopic (exact) mass is 244 g/mol. The third kappa shape index (κ3) is 4.45. The molecule has 0 bridgehead atoms. The van der Waals surface area contributed by atoms with Crippen LogP contribution in [-0.2, 0) is 9.53 Å². The van der Waals surface area contributed by atoms with Crippen LogP contribution in [0.25, 0.3) is 0 Å². The molecular weight excluding hydrogens is 224 g/mol. The number of hydrogen-bond donors (Lipinski definition) is 1. The van der Waals surface area contributed by atoms with Gasteiger partial charge in [0.15, 0.2) is 0 Å². The normalized spacial score (nSPS) is 20.4. The Kier molecular flexibility index (Phi) is 5.69.